The Morgan fingerprint density at radius 1 is 1.21 bits per heavy atom. The summed E-state index contributed by atoms with van der Waals surface area (Å²) >= 11 is 0. The highest BCUT2D eigenvalue weighted by Gasteiger charge is 2.13. The molecule has 0 spiro atoms. The van der Waals surface area contributed by atoms with E-state index >= 15 is 0 Å². The van der Waals surface area contributed by atoms with Crippen molar-refractivity contribution in [3.8, 4) is 0 Å². The maximum absolute atomic E-state index is 12.7. The van der Waals surface area contributed by atoms with Gasteiger partial charge in [0, 0.05) is 27.2 Å². The summed E-state index contributed by atoms with van der Waals surface area (Å²) in [5.41, 5.74) is 0. The molecular weight excluding hydrogens is 273 g/mol. The molecule has 2 amide bonds. The van der Waals surface area contributed by atoms with Crippen molar-refractivity contribution in [2.45, 2.75) is 4.90 Å². The monoisotopic (exact) mass is 289 g/mol. The van der Waals surface area contributed by atoms with Crippen molar-refractivity contribution in [1.29, 1.82) is 0 Å². The van der Waals surface area contributed by atoms with Gasteiger partial charge in [-0.15, -0.1) is 0 Å². The van der Waals surface area contributed by atoms with E-state index in [4.69, 9.17) is 0 Å². The Bertz CT molecular complexity index is 529. The first kappa shape index (κ1) is 15.4. The highest BCUT2D eigenvalue weighted by atomic mass is 32.2. The molecular formula is C11H16FN3O3S. The first-order chi connectivity index (χ1) is 8.83. The van der Waals surface area contributed by atoms with Crippen LogP contribution in [0, 0.1) is 5.82 Å². The normalized spacial score (nSPS) is 11.1. The predicted molar refractivity (Wildman–Crippen MR) is 68.7 cm³/mol. The SMILES string of the molecule is CN(C)C(=O)NCCNS(=O)(=O)c1ccc(F)cc1. The van der Waals surface area contributed by atoms with Crippen molar-refractivity contribution in [3.05, 3.63) is 30.1 Å². The largest absolute Gasteiger partial charge is 0.337 e. The number of amides is 2. The number of carbonyl (C=O) groups excluding carboxylic acids is 1. The van der Waals surface area contributed by atoms with Crippen LogP contribution < -0.4 is 10.0 Å². The lowest BCUT2D eigenvalue weighted by Crippen LogP contribution is -2.39. The summed E-state index contributed by atoms with van der Waals surface area (Å²) < 4.78 is 38.5. The molecule has 0 aromatic heterocycles. The summed E-state index contributed by atoms with van der Waals surface area (Å²) in [5.74, 6) is -0.503. The molecule has 8 heteroatoms. The zero-order valence-electron chi connectivity index (χ0n) is 10.7. The fourth-order valence-electron chi connectivity index (χ4n) is 1.21. The van der Waals surface area contributed by atoms with Gasteiger partial charge in [-0.25, -0.2) is 22.3 Å². The maximum atomic E-state index is 12.7. The van der Waals surface area contributed by atoms with E-state index in [9.17, 15) is 17.6 Å². The smallest absolute Gasteiger partial charge is 0.316 e. The fraction of sp³-hybridized carbons (Fsp3) is 0.364. The first-order valence-corrected chi connectivity index (χ1v) is 7.01. The zero-order chi connectivity index (χ0) is 14.5. The van der Waals surface area contributed by atoms with Crippen LogP contribution in [0.15, 0.2) is 29.2 Å². The Morgan fingerprint density at radius 2 is 1.79 bits per heavy atom. The van der Waals surface area contributed by atoms with Gasteiger partial charge in [0.2, 0.25) is 10.0 Å². The van der Waals surface area contributed by atoms with E-state index in [0.717, 1.165) is 12.1 Å². The third-order valence-electron chi connectivity index (χ3n) is 2.22. The molecule has 0 fully saturated rings. The number of rotatable bonds is 5. The van der Waals surface area contributed by atoms with Crippen LogP contribution in [0.1, 0.15) is 0 Å². The molecule has 0 saturated carbocycles. The molecule has 2 N–H and O–H groups in total. The minimum absolute atomic E-state index is 0.0205. The fourth-order valence-corrected chi connectivity index (χ4v) is 2.24. The van der Waals surface area contributed by atoms with Gasteiger partial charge in [-0.3, -0.25) is 0 Å². The molecule has 6 nitrogen and oxygen atoms in total. The van der Waals surface area contributed by atoms with Crippen LogP contribution in [0.25, 0.3) is 0 Å². The van der Waals surface area contributed by atoms with E-state index in [0.29, 0.717) is 0 Å². The molecule has 0 aliphatic carbocycles. The molecule has 1 aromatic carbocycles. The number of sulfonamides is 1. The van der Waals surface area contributed by atoms with Gasteiger partial charge in [0.25, 0.3) is 0 Å². The summed E-state index contributed by atoms with van der Waals surface area (Å²) in [6, 6.07) is 4.19. The average molecular weight is 289 g/mol. The Hall–Kier alpha value is -1.67. The minimum Gasteiger partial charge on any atom is -0.337 e. The number of nitrogens with one attached hydrogen (secondary N) is 2. The van der Waals surface area contributed by atoms with Crippen LogP contribution in [0.4, 0.5) is 9.18 Å². The van der Waals surface area contributed by atoms with Crippen molar-refractivity contribution >= 4 is 16.1 Å². The lowest BCUT2D eigenvalue weighted by Gasteiger charge is -2.12. The molecule has 0 aliphatic rings. The van der Waals surface area contributed by atoms with Crippen LogP contribution in [0.2, 0.25) is 0 Å². The van der Waals surface area contributed by atoms with Crippen LogP contribution in [-0.2, 0) is 10.0 Å². The van der Waals surface area contributed by atoms with Gasteiger partial charge in [-0.1, -0.05) is 0 Å². The molecule has 0 radical (unpaired) electrons. The van der Waals surface area contributed by atoms with Crippen molar-refractivity contribution in [1.82, 2.24) is 14.9 Å². The zero-order valence-corrected chi connectivity index (χ0v) is 11.5. The molecule has 106 valence electrons. The topological polar surface area (TPSA) is 78.5 Å². The summed E-state index contributed by atoms with van der Waals surface area (Å²) in [6.45, 7) is 0.219. The maximum Gasteiger partial charge on any atom is 0.316 e. The summed E-state index contributed by atoms with van der Waals surface area (Å²) in [7, 11) is -0.514. The minimum atomic E-state index is -3.68. The quantitative estimate of drug-likeness (QED) is 0.769. The summed E-state index contributed by atoms with van der Waals surface area (Å²) in [6.07, 6.45) is 0. The van der Waals surface area contributed by atoms with Gasteiger partial charge in [-0.05, 0) is 24.3 Å². The Kier molecular flexibility index (Phi) is 5.25. The molecule has 0 atom stereocenters. The third kappa shape index (κ3) is 4.84. The number of benzene rings is 1. The molecule has 19 heavy (non-hydrogen) atoms. The van der Waals surface area contributed by atoms with E-state index in [1.54, 1.807) is 14.1 Å². The van der Waals surface area contributed by atoms with E-state index in [-0.39, 0.29) is 24.0 Å². The van der Waals surface area contributed by atoms with Gasteiger partial charge in [0.05, 0.1) is 4.90 Å². The van der Waals surface area contributed by atoms with Gasteiger partial charge >= 0.3 is 6.03 Å². The second kappa shape index (κ2) is 6.48. The van der Waals surface area contributed by atoms with Gasteiger partial charge in [0.1, 0.15) is 5.82 Å². The predicted octanol–water partition coefficient (Wildman–Crippen LogP) is 0.375. The number of carbonyl (C=O) groups is 1. The van der Waals surface area contributed by atoms with E-state index in [1.165, 1.54) is 17.0 Å². The lowest BCUT2D eigenvalue weighted by molar-refractivity contribution is 0.217. The van der Waals surface area contributed by atoms with Crippen molar-refractivity contribution in [2.75, 3.05) is 27.2 Å². The second-order valence-corrected chi connectivity index (χ2v) is 5.75. The first-order valence-electron chi connectivity index (χ1n) is 5.53. The Labute approximate surface area is 111 Å². The van der Waals surface area contributed by atoms with Crippen LogP contribution in [-0.4, -0.2) is 46.5 Å². The van der Waals surface area contributed by atoms with Crippen molar-refractivity contribution < 1.29 is 17.6 Å². The number of halogens is 1. The number of hydrogen-bond acceptors (Lipinski definition) is 3. The van der Waals surface area contributed by atoms with Gasteiger partial charge < -0.3 is 10.2 Å². The molecule has 1 aromatic rings. The van der Waals surface area contributed by atoms with Crippen LogP contribution >= 0.6 is 0 Å². The third-order valence-corrected chi connectivity index (χ3v) is 3.70. The summed E-state index contributed by atoms with van der Waals surface area (Å²) in [4.78, 5) is 12.5. The lowest BCUT2D eigenvalue weighted by atomic mass is 10.4. The molecule has 0 unspecified atom stereocenters. The summed E-state index contributed by atoms with van der Waals surface area (Å²) in [5, 5.41) is 2.52. The number of nitrogens with zero attached hydrogens (tertiary/aromatic N) is 1. The molecule has 1 rings (SSSR count). The van der Waals surface area contributed by atoms with Crippen LogP contribution in [0.5, 0.6) is 0 Å². The van der Waals surface area contributed by atoms with E-state index in [2.05, 4.69) is 10.0 Å². The van der Waals surface area contributed by atoms with Crippen LogP contribution in [0.3, 0.4) is 0 Å². The average Bonchev–Trinajstić information content (AvgIpc) is 2.34. The number of urea groups is 1. The van der Waals surface area contributed by atoms with Gasteiger partial charge in [-0.2, -0.15) is 0 Å². The Balaban J connectivity index is 2.48. The van der Waals surface area contributed by atoms with Gasteiger partial charge in [0.15, 0.2) is 0 Å². The highest BCUT2D eigenvalue weighted by Crippen LogP contribution is 2.08. The van der Waals surface area contributed by atoms with E-state index in [1.807, 2.05) is 0 Å². The number of hydrogen-bond donors (Lipinski definition) is 2. The molecule has 0 bridgehead atoms. The van der Waals surface area contributed by atoms with E-state index < -0.39 is 15.8 Å². The molecule has 0 heterocycles. The molecule has 0 aliphatic heterocycles. The standard InChI is InChI=1S/C11H16FN3O3S/c1-15(2)11(16)13-7-8-14-19(17,18)10-5-3-9(12)4-6-10/h3-6,14H,7-8H2,1-2H3,(H,13,16). The molecule has 0 saturated heterocycles. The highest BCUT2D eigenvalue weighted by molar-refractivity contribution is 7.89. The second-order valence-electron chi connectivity index (χ2n) is 3.98. The van der Waals surface area contributed by atoms with Crippen molar-refractivity contribution in [3.63, 3.8) is 0 Å². The Morgan fingerprint density at radius 3 is 2.32 bits per heavy atom. The van der Waals surface area contributed by atoms with Crippen molar-refractivity contribution in [2.24, 2.45) is 0 Å².